The summed E-state index contributed by atoms with van der Waals surface area (Å²) < 4.78 is 13.6. The molecule has 1 heterocycles. The van der Waals surface area contributed by atoms with Gasteiger partial charge in [-0.1, -0.05) is 38.5 Å². The second-order valence-corrected chi connectivity index (χ2v) is 6.05. The Bertz CT molecular complexity index is 681. The minimum absolute atomic E-state index is 0.0927. The van der Waals surface area contributed by atoms with E-state index in [2.05, 4.69) is 15.6 Å². The van der Waals surface area contributed by atoms with Crippen LogP contribution in [0.3, 0.4) is 0 Å². The summed E-state index contributed by atoms with van der Waals surface area (Å²) in [5.74, 6) is -0.289. The van der Waals surface area contributed by atoms with Gasteiger partial charge in [0, 0.05) is 12.7 Å². The maximum absolute atomic E-state index is 13.6. The Kier molecular flexibility index (Phi) is 6.89. The van der Waals surface area contributed by atoms with E-state index in [9.17, 15) is 14.3 Å². The molecule has 5 nitrogen and oxygen atoms in total. The minimum atomic E-state index is -0.613. The van der Waals surface area contributed by atoms with Crippen LogP contribution in [0.25, 0.3) is 0 Å². The van der Waals surface area contributed by atoms with Gasteiger partial charge in [-0.25, -0.2) is 9.18 Å². The largest absolute Gasteiger partial charge is 0.391 e. The van der Waals surface area contributed by atoms with Gasteiger partial charge < -0.3 is 15.7 Å². The van der Waals surface area contributed by atoms with E-state index in [4.69, 9.17) is 0 Å². The van der Waals surface area contributed by atoms with Gasteiger partial charge in [0.1, 0.15) is 5.82 Å². The topological polar surface area (TPSA) is 74.2 Å². The molecule has 3 unspecified atom stereocenters. The Morgan fingerprint density at radius 3 is 2.72 bits per heavy atom. The molecule has 1 aromatic heterocycles. The summed E-state index contributed by atoms with van der Waals surface area (Å²) in [6, 6.07) is 10.4. The number of carbonyl (C=O) groups is 1. The fourth-order valence-corrected chi connectivity index (χ4v) is 2.41. The van der Waals surface area contributed by atoms with Crippen LogP contribution in [0.5, 0.6) is 0 Å². The fourth-order valence-electron chi connectivity index (χ4n) is 2.41. The molecule has 0 aliphatic carbocycles. The Hall–Kier alpha value is -2.47. The van der Waals surface area contributed by atoms with Gasteiger partial charge in [0.25, 0.3) is 0 Å². The number of amides is 2. The van der Waals surface area contributed by atoms with E-state index in [1.807, 2.05) is 13.8 Å². The molecular weight excluding hydrogens is 321 g/mol. The predicted octanol–water partition coefficient (Wildman–Crippen LogP) is 3.02. The molecule has 1 aromatic carbocycles. The van der Waals surface area contributed by atoms with E-state index in [-0.39, 0.29) is 18.3 Å². The molecule has 6 heteroatoms. The van der Waals surface area contributed by atoms with E-state index in [0.717, 1.165) is 6.42 Å². The number of nitrogens with one attached hydrogen (secondary N) is 2. The number of aliphatic hydroxyl groups is 1. The second kappa shape index (κ2) is 9.13. The summed E-state index contributed by atoms with van der Waals surface area (Å²) in [5, 5.41) is 15.4. The number of aliphatic hydroxyl groups excluding tert-OH is 1. The Balaban J connectivity index is 2.10. The molecule has 2 aromatic rings. The quantitative estimate of drug-likeness (QED) is 0.722. The molecule has 3 atom stereocenters. The third-order valence-corrected chi connectivity index (χ3v) is 4.21. The first-order valence-electron chi connectivity index (χ1n) is 8.40. The maximum Gasteiger partial charge on any atom is 0.315 e. The van der Waals surface area contributed by atoms with Crippen LogP contribution >= 0.6 is 0 Å². The Labute approximate surface area is 147 Å². The van der Waals surface area contributed by atoms with Crippen LogP contribution in [0.4, 0.5) is 9.18 Å². The molecule has 3 N–H and O–H groups in total. The van der Waals surface area contributed by atoms with Gasteiger partial charge in [0.15, 0.2) is 0 Å². The number of halogens is 1. The van der Waals surface area contributed by atoms with Crippen LogP contribution in [0.1, 0.15) is 37.6 Å². The van der Waals surface area contributed by atoms with Gasteiger partial charge in [-0.2, -0.15) is 0 Å². The molecule has 0 aliphatic heterocycles. The summed E-state index contributed by atoms with van der Waals surface area (Å²) in [7, 11) is 0. The van der Waals surface area contributed by atoms with Gasteiger partial charge in [-0.15, -0.1) is 0 Å². The number of nitrogens with zero attached hydrogens (tertiary/aromatic N) is 1. The highest BCUT2D eigenvalue weighted by atomic mass is 19.1. The summed E-state index contributed by atoms with van der Waals surface area (Å²) in [4.78, 5) is 16.5. The van der Waals surface area contributed by atoms with Crippen molar-refractivity contribution in [3.8, 4) is 0 Å². The number of benzene rings is 1. The third kappa shape index (κ3) is 5.53. The van der Waals surface area contributed by atoms with Crippen molar-refractivity contribution in [1.29, 1.82) is 0 Å². The van der Waals surface area contributed by atoms with Gasteiger partial charge in [-0.3, -0.25) is 4.98 Å². The molecule has 2 rings (SSSR count). The van der Waals surface area contributed by atoms with Crippen molar-refractivity contribution < 1.29 is 14.3 Å². The second-order valence-electron chi connectivity index (χ2n) is 6.05. The summed E-state index contributed by atoms with van der Waals surface area (Å²) in [6.07, 6.45) is 1.83. The molecule has 0 aliphatic rings. The molecule has 0 saturated carbocycles. The first-order chi connectivity index (χ1) is 12.0. The van der Waals surface area contributed by atoms with E-state index >= 15 is 0 Å². The monoisotopic (exact) mass is 345 g/mol. The van der Waals surface area contributed by atoms with Crippen molar-refractivity contribution in [2.75, 3.05) is 6.54 Å². The highest BCUT2D eigenvalue weighted by molar-refractivity contribution is 5.75. The minimum Gasteiger partial charge on any atom is -0.391 e. The number of hydrogen-bond donors (Lipinski definition) is 3. The number of hydrogen-bond acceptors (Lipinski definition) is 3. The van der Waals surface area contributed by atoms with E-state index in [0.29, 0.717) is 11.3 Å². The lowest BCUT2D eigenvalue weighted by Crippen LogP contribution is -2.43. The Morgan fingerprint density at radius 1 is 1.28 bits per heavy atom. The smallest absolute Gasteiger partial charge is 0.315 e. The molecule has 0 bridgehead atoms. The molecule has 25 heavy (non-hydrogen) atoms. The molecule has 2 amide bonds. The normalized spacial score (nSPS) is 14.4. The van der Waals surface area contributed by atoms with Crippen molar-refractivity contribution in [3.63, 3.8) is 0 Å². The predicted molar refractivity (Wildman–Crippen MR) is 94.5 cm³/mol. The van der Waals surface area contributed by atoms with Gasteiger partial charge in [0.05, 0.1) is 17.8 Å². The molecular formula is C19H24FN3O2. The van der Waals surface area contributed by atoms with Crippen molar-refractivity contribution in [2.24, 2.45) is 5.92 Å². The van der Waals surface area contributed by atoms with Crippen LogP contribution in [0.2, 0.25) is 0 Å². The fraction of sp³-hybridized carbons (Fsp3) is 0.368. The lowest BCUT2D eigenvalue weighted by Gasteiger charge is -2.21. The SMILES string of the molecule is CCC(C)C(O)CNC(=O)NC(c1cccc(F)c1)c1ccccn1. The summed E-state index contributed by atoms with van der Waals surface area (Å²) >= 11 is 0. The van der Waals surface area contributed by atoms with Crippen molar-refractivity contribution in [3.05, 3.63) is 65.7 Å². The molecule has 0 fully saturated rings. The molecule has 134 valence electrons. The van der Waals surface area contributed by atoms with Gasteiger partial charge in [0.2, 0.25) is 0 Å². The average molecular weight is 345 g/mol. The van der Waals surface area contributed by atoms with Crippen LogP contribution < -0.4 is 10.6 Å². The zero-order valence-electron chi connectivity index (χ0n) is 14.4. The van der Waals surface area contributed by atoms with Crippen LogP contribution in [-0.4, -0.2) is 28.8 Å². The van der Waals surface area contributed by atoms with E-state index in [1.54, 1.807) is 36.5 Å². The van der Waals surface area contributed by atoms with Crippen molar-refractivity contribution >= 4 is 6.03 Å². The third-order valence-electron chi connectivity index (χ3n) is 4.21. The van der Waals surface area contributed by atoms with E-state index < -0.39 is 18.2 Å². The highest BCUT2D eigenvalue weighted by Crippen LogP contribution is 2.20. The van der Waals surface area contributed by atoms with Crippen LogP contribution in [0.15, 0.2) is 48.7 Å². The van der Waals surface area contributed by atoms with Crippen molar-refractivity contribution in [2.45, 2.75) is 32.4 Å². The first kappa shape index (κ1) is 18.9. The zero-order chi connectivity index (χ0) is 18.2. The lowest BCUT2D eigenvalue weighted by molar-refractivity contribution is 0.114. The molecule has 0 spiro atoms. The van der Waals surface area contributed by atoms with Gasteiger partial charge >= 0.3 is 6.03 Å². The highest BCUT2D eigenvalue weighted by Gasteiger charge is 2.19. The van der Waals surface area contributed by atoms with Gasteiger partial charge in [-0.05, 0) is 35.7 Å². The zero-order valence-corrected chi connectivity index (χ0v) is 14.4. The Morgan fingerprint density at radius 2 is 2.08 bits per heavy atom. The number of carbonyl (C=O) groups excluding carboxylic acids is 1. The van der Waals surface area contributed by atoms with Crippen LogP contribution in [-0.2, 0) is 0 Å². The summed E-state index contributed by atoms with van der Waals surface area (Å²) in [6.45, 7) is 4.06. The number of pyridine rings is 1. The first-order valence-corrected chi connectivity index (χ1v) is 8.40. The molecule has 0 saturated heterocycles. The maximum atomic E-state index is 13.6. The lowest BCUT2D eigenvalue weighted by atomic mass is 10.0. The average Bonchev–Trinajstić information content (AvgIpc) is 2.64. The van der Waals surface area contributed by atoms with Crippen LogP contribution in [0, 0.1) is 11.7 Å². The number of rotatable bonds is 7. The number of aromatic nitrogens is 1. The standard InChI is InChI=1S/C19H24FN3O2/c1-3-13(2)17(24)12-22-19(25)23-18(16-9-4-5-10-21-16)14-7-6-8-15(20)11-14/h4-11,13,17-18,24H,3,12H2,1-2H3,(H2,22,23,25). The van der Waals surface area contributed by atoms with E-state index in [1.165, 1.54) is 12.1 Å². The van der Waals surface area contributed by atoms with Crippen molar-refractivity contribution in [1.82, 2.24) is 15.6 Å². The number of urea groups is 1. The molecule has 0 radical (unpaired) electrons. The summed E-state index contributed by atoms with van der Waals surface area (Å²) in [5.41, 5.74) is 1.20.